The van der Waals surface area contributed by atoms with Crippen LogP contribution in [0.2, 0.25) is 0 Å². The molecule has 0 saturated carbocycles. The van der Waals surface area contributed by atoms with Crippen molar-refractivity contribution in [3.63, 3.8) is 0 Å². The van der Waals surface area contributed by atoms with Gasteiger partial charge in [0.05, 0.1) is 0 Å². The first-order valence-electron chi connectivity index (χ1n) is 6.47. The van der Waals surface area contributed by atoms with E-state index in [9.17, 15) is 0 Å². The smallest absolute Gasteiger partial charge is 0.119 e. The predicted octanol–water partition coefficient (Wildman–Crippen LogP) is 2.37. The van der Waals surface area contributed by atoms with Crippen LogP contribution in [-0.4, -0.2) is 30.9 Å². The summed E-state index contributed by atoms with van der Waals surface area (Å²) in [7, 11) is 0. The van der Waals surface area contributed by atoms with Crippen LogP contribution in [0.4, 0.5) is 0 Å². The molecule has 0 aliphatic heterocycles. The Balaban J connectivity index is 2.29. The van der Waals surface area contributed by atoms with E-state index < -0.39 is 0 Å². The lowest BCUT2D eigenvalue weighted by Gasteiger charge is -2.25. The molecule has 2 N–H and O–H groups in total. The minimum Gasteiger partial charge on any atom is -0.492 e. The largest absolute Gasteiger partial charge is 0.492 e. The van der Waals surface area contributed by atoms with E-state index in [1.807, 2.05) is 38.1 Å². The molecule has 0 aromatic heterocycles. The molecule has 1 aromatic carbocycles. The molecule has 0 bridgehead atoms. The fourth-order valence-electron chi connectivity index (χ4n) is 1.42. The van der Waals surface area contributed by atoms with Gasteiger partial charge in [-0.05, 0) is 26.0 Å². The summed E-state index contributed by atoms with van der Waals surface area (Å²) in [6.45, 7) is 9.81. The number of aryl methyl sites for hydroxylation is 1. The fraction of sp³-hybridized carbons (Fsp3) is 0.600. The highest BCUT2D eigenvalue weighted by atomic mass is 16.5. The molecule has 1 atom stereocenters. The van der Waals surface area contributed by atoms with E-state index in [-0.39, 0.29) is 18.1 Å². The number of aliphatic hydroxyl groups is 1. The highest BCUT2D eigenvalue weighted by Crippen LogP contribution is 2.13. The van der Waals surface area contributed by atoms with E-state index in [4.69, 9.17) is 9.84 Å². The van der Waals surface area contributed by atoms with Gasteiger partial charge in [-0.15, -0.1) is 0 Å². The quantitative estimate of drug-likeness (QED) is 0.781. The van der Waals surface area contributed by atoms with Crippen LogP contribution in [0.15, 0.2) is 24.3 Å². The Morgan fingerprint density at radius 1 is 1.28 bits per heavy atom. The van der Waals surface area contributed by atoms with E-state index in [1.165, 1.54) is 5.56 Å². The molecule has 0 spiro atoms. The van der Waals surface area contributed by atoms with E-state index in [2.05, 4.69) is 19.2 Å². The van der Waals surface area contributed by atoms with Gasteiger partial charge in [0, 0.05) is 24.6 Å². The van der Waals surface area contributed by atoms with E-state index in [0.717, 1.165) is 12.3 Å². The van der Waals surface area contributed by atoms with Gasteiger partial charge in [0.25, 0.3) is 0 Å². The van der Waals surface area contributed by atoms with Gasteiger partial charge >= 0.3 is 0 Å². The zero-order valence-electron chi connectivity index (χ0n) is 11.9. The summed E-state index contributed by atoms with van der Waals surface area (Å²) >= 11 is 0. The van der Waals surface area contributed by atoms with Crippen LogP contribution in [0.5, 0.6) is 5.75 Å². The highest BCUT2D eigenvalue weighted by Gasteiger charge is 2.17. The summed E-state index contributed by atoms with van der Waals surface area (Å²) in [4.78, 5) is 0. The molecule has 102 valence electrons. The van der Waals surface area contributed by atoms with Crippen molar-refractivity contribution >= 4 is 0 Å². The molecule has 1 unspecified atom stereocenters. The van der Waals surface area contributed by atoms with Crippen LogP contribution in [0.25, 0.3) is 0 Å². The highest BCUT2D eigenvalue weighted by molar-refractivity contribution is 5.26. The molecule has 0 radical (unpaired) electrons. The van der Waals surface area contributed by atoms with Crippen molar-refractivity contribution in [3.05, 3.63) is 29.8 Å². The molecule has 0 aliphatic rings. The monoisotopic (exact) mass is 251 g/mol. The lowest BCUT2D eigenvalue weighted by Crippen LogP contribution is -2.40. The Kier molecular flexibility index (Phi) is 5.63. The zero-order valence-corrected chi connectivity index (χ0v) is 11.9. The summed E-state index contributed by atoms with van der Waals surface area (Å²) in [6.07, 6.45) is 0. The average molecular weight is 251 g/mol. The van der Waals surface area contributed by atoms with E-state index in [0.29, 0.717) is 6.61 Å². The van der Waals surface area contributed by atoms with Gasteiger partial charge in [-0.1, -0.05) is 31.5 Å². The molecular formula is C15H25NO2. The van der Waals surface area contributed by atoms with Crippen molar-refractivity contribution in [2.45, 2.75) is 33.7 Å². The van der Waals surface area contributed by atoms with Crippen molar-refractivity contribution in [2.24, 2.45) is 5.41 Å². The van der Waals surface area contributed by atoms with Gasteiger partial charge in [-0.2, -0.15) is 0 Å². The number of hydrogen-bond acceptors (Lipinski definition) is 3. The third-order valence-electron chi connectivity index (χ3n) is 2.88. The molecule has 3 heteroatoms. The maximum Gasteiger partial charge on any atom is 0.119 e. The van der Waals surface area contributed by atoms with Crippen molar-refractivity contribution in [3.8, 4) is 5.75 Å². The lowest BCUT2D eigenvalue weighted by molar-refractivity contribution is 0.149. The fourth-order valence-corrected chi connectivity index (χ4v) is 1.42. The Labute approximate surface area is 110 Å². The maximum absolute atomic E-state index is 9.17. The molecule has 0 fully saturated rings. The normalized spacial score (nSPS) is 13.4. The molecule has 0 amide bonds. The van der Waals surface area contributed by atoms with Crippen LogP contribution >= 0.6 is 0 Å². The van der Waals surface area contributed by atoms with E-state index >= 15 is 0 Å². The molecule has 3 nitrogen and oxygen atoms in total. The summed E-state index contributed by atoms with van der Waals surface area (Å²) in [5.74, 6) is 0.899. The molecule has 0 aliphatic carbocycles. The van der Waals surface area contributed by atoms with Gasteiger partial charge in [0.15, 0.2) is 0 Å². The number of ether oxygens (including phenoxy) is 1. The topological polar surface area (TPSA) is 41.5 Å². The van der Waals surface area contributed by atoms with Crippen LogP contribution in [0, 0.1) is 12.3 Å². The van der Waals surface area contributed by atoms with Gasteiger partial charge in [-0.25, -0.2) is 0 Å². The molecule has 1 aromatic rings. The van der Waals surface area contributed by atoms with Gasteiger partial charge in [0.2, 0.25) is 0 Å². The predicted molar refractivity (Wildman–Crippen MR) is 75.0 cm³/mol. The van der Waals surface area contributed by atoms with Crippen LogP contribution in [0.1, 0.15) is 26.3 Å². The Bertz CT molecular complexity index is 346. The summed E-state index contributed by atoms with van der Waals surface area (Å²) in [5, 5.41) is 12.5. The minimum absolute atomic E-state index is 0.0852. The first kappa shape index (κ1) is 15.0. The summed E-state index contributed by atoms with van der Waals surface area (Å²) in [6, 6.07) is 8.32. The second kappa shape index (κ2) is 6.76. The van der Waals surface area contributed by atoms with Gasteiger partial charge in [0.1, 0.15) is 12.4 Å². The number of hydrogen-bond donors (Lipinski definition) is 2. The first-order chi connectivity index (χ1) is 8.43. The summed E-state index contributed by atoms with van der Waals surface area (Å²) in [5.41, 5.74) is 1.15. The Morgan fingerprint density at radius 3 is 2.44 bits per heavy atom. The SMILES string of the molecule is Cc1ccc(OCC(C)NCC(C)(C)CO)cc1. The van der Waals surface area contributed by atoms with Crippen LogP contribution in [0.3, 0.4) is 0 Å². The Hall–Kier alpha value is -1.06. The van der Waals surface area contributed by atoms with Crippen LogP contribution in [-0.2, 0) is 0 Å². The minimum atomic E-state index is -0.0852. The van der Waals surface area contributed by atoms with Crippen molar-refractivity contribution in [1.82, 2.24) is 5.32 Å². The number of nitrogens with one attached hydrogen (secondary N) is 1. The van der Waals surface area contributed by atoms with E-state index in [1.54, 1.807) is 0 Å². The molecular weight excluding hydrogens is 226 g/mol. The molecule has 0 saturated heterocycles. The van der Waals surface area contributed by atoms with Gasteiger partial charge in [-0.3, -0.25) is 0 Å². The molecule has 1 rings (SSSR count). The Morgan fingerprint density at radius 2 is 1.89 bits per heavy atom. The summed E-state index contributed by atoms with van der Waals surface area (Å²) < 4.78 is 5.70. The van der Waals surface area contributed by atoms with Crippen molar-refractivity contribution < 1.29 is 9.84 Å². The third kappa shape index (κ3) is 5.52. The average Bonchev–Trinajstić information content (AvgIpc) is 2.36. The third-order valence-corrected chi connectivity index (χ3v) is 2.88. The number of aliphatic hydroxyl groups excluding tert-OH is 1. The first-order valence-corrected chi connectivity index (χ1v) is 6.47. The van der Waals surface area contributed by atoms with Crippen LogP contribution < -0.4 is 10.1 Å². The van der Waals surface area contributed by atoms with Gasteiger partial charge < -0.3 is 15.2 Å². The second-order valence-corrected chi connectivity index (χ2v) is 5.73. The number of benzene rings is 1. The lowest BCUT2D eigenvalue weighted by atomic mass is 9.95. The second-order valence-electron chi connectivity index (χ2n) is 5.73. The van der Waals surface area contributed by atoms with Crippen molar-refractivity contribution in [1.29, 1.82) is 0 Å². The maximum atomic E-state index is 9.17. The molecule has 0 heterocycles. The number of rotatable bonds is 7. The van der Waals surface area contributed by atoms with Crippen molar-refractivity contribution in [2.75, 3.05) is 19.8 Å². The zero-order chi connectivity index (χ0) is 13.6. The standard InChI is InChI=1S/C15H25NO2/c1-12-5-7-14(8-6-12)18-9-13(2)16-10-15(3,4)11-17/h5-8,13,16-17H,9-11H2,1-4H3. The molecule has 18 heavy (non-hydrogen) atoms.